The smallest absolute Gasteiger partial charge is 0.331 e. The summed E-state index contributed by atoms with van der Waals surface area (Å²) in [5.41, 5.74) is -0.641. The second-order valence-corrected chi connectivity index (χ2v) is 7.11. The largest absolute Gasteiger partial charge is 0.467 e. The van der Waals surface area contributed by atoms with Crippen molar-refractivity contribution in [1.82, 2.24) is 5.32 Å². The molecule has 7 heteroatoms. The van der Waals surface area contributed by atoms with E-state index in [0.717, 1.165) is 30.6 Å². The maximum Gasteiger partial charge on any atom is 0.331 e. The Morgan fingerprint density at radius 2 is 1.95 bits per heavy atom. The first-order valence-corrected chi connectivity index (χ1v) is 7.91. The van der Waals surface area contributed by atoms with Crippen molar-refractivity contribution in [2.75, 3.05) is 7.11 Å². The molecule has 1 aromatic heterocycles. The molecule has 0 aliphatic heterocycles. The number of hydrogen-bond donors (Lipinski definition) is 1. The molecular formula is C13H15Cl2NO3S. The van der Waals surface area contributed by atoms with E-state index in [0.29, 0.717) is 27.1 Å². The van der Waals surface area contributed by atoms with E-state index in [-0.39, 0.29) is 5.91 Å². The molecule has 1 saturated carbocycles. The molecule has 0 aromatic carbocycles. The minimum absolute atomic E-state index is 0.301. The first-order chi connectivity index (χ1) is 9.48. The lowest BCUT2D eigenvalue weighted by molar-refractivity contribution is -0.149. The second-order valence-electron chi connectivity index (χ2n) is 4.83. The number of hydrogen-bond acceptors (Lipinski definition) is 4. The van der Waals surface area contributed by atoms with Gasteiger partial charge in [-0.2, -0.15) is 0 Å². The van der Waals surface area contributed by atoms with Crippen LogP contribution in [-0.4, -0.2) is 24.5 Å². The van der Waals surface area contributed by atoms with Gasteiger partial charge in [-0.3, -0.25) is 4.79 Å². The van der Waals surface area contributed by atoms with E-state index in [2.05, 4.69) is 5.32 Å². The lowest BCUT2D eigenvalue weighted by atomic mass is 9.81. The molecule has 1 amide bonds. The highest BCUT2D eigenvalue weighted by molar-refractivity contribution is 7.20. The predicted molar refractivity (Wildman–Crippen MR) is 79.6 cm³/mol. The summed E-state index contributed by atoms with van der Waals surface area (Å²) in [5, 5.41) is 2.80. The Balaban J connectivity index is 2.21. The number of methoxy groups -OCH3 is 1. The Labute approximate surface area is 131 Å². The number of halogens is 2. The topological polar surface area (TPSA) is 55.4 Å². The molecule has 0 bridgehead atoms. The van der Waals surface area contributed by atoms with Gasteiger partial charge in [0.05, 0.1) is 17.0 Å². The zero-order valence-electron chi connectivity index (χ0n) is 11.0. The first kappa shape index (κ1) is 15.6. The van der Waals surface area contributed by atoms with Crippen LogP contribution in [0, 0.1) is 0 Å². The van der Waals surface area contributed by atoms with Gasteiger partial charge in [0.25, 0.3) is 5.91 Å². The van der Waals surface area contributed by atoms with Crippen LogP contribution in [0.15, 0.2) is 6.07 Å². The van der Waals surface area contributed by atoms with E-state index in [4.69, 9.17) is 27.9 Å². The molecular weight excluding hydrogens is 321 g/mol. The quantitative estimate of drug-likeness (QED) is 0.857. The highest BCUT2D eigenvalue weighted by Gasteiger charge is 2.42. The van der Waals surface area contributed by atoms with Crippen LogP contribution < -0.4 is 5.32 Å². The van der Waals surface area contributed by atoms with Crippen molar-refractivity contribution < 1.29 is 14.3 Å². The van der Waals surface area contributed by atoms with Crippen molar-refractivity contribution in [3.8, 4) is 0 Å². The molecule has 1 N–H and O–H groups in total. The number of nitrogens with one attached hydrogen (secondary N) is 1. The van der Waals surface area contributed by atoms with Crippen molar-refractivity contribution in [1.29, 1.82) is 0 Å². The SMILES string of the molecule is COC(=O)C1(NC(=O)c2cc(Cl)sc2Cl)CCCCC1. The fourth-order valence-corrected chi connectivity index (χ4v) is 3.97. The third-order valence-corrected chi connectivity index (χ3v) is 5.02. The Morgan fingerprint density at radius 1 is 1.30 bits per heavy atom. The molecule has 1 aliphatic carbocycles. The fraction of sp³-hybridized carbons (Fsp3) is 0.538. The molecule has 1 fully saturated rings. The van der Waals surface area contributed by atoms with Crippen LogP contribution in [0.2, 0.25) is 8.67 Å². The summed E-state index contributed by atoms with van der Waals surface area (Å²) in [5.74, 6) is -0.784. The van der Waals surface area contributed by atoms with E-state index in [1.165, 1.54) is 13.2 Å². The van der Waals surface area contributed by atoms with Gasteiger partial charge in [-0.05, 0) is 18.9 Å². The van der Waals surface area contributed by atoms with Gasteiger partial charge in [0, 0.05) is 0 Å². The molecule has 1 aliphatic rings. The summed E-state index contributed by atoms with van der Waals surface area (Å²) < 4.78 is 5.62. The average Bonchev–Trinajstić information content (AvgIpc) is 2.78. The van der Waals surface area contributed by atoms with Gasteiger partial charge in [-0.1, -0.05) is 42.5 Å². The predicted octanol–water partition coefficient (Wildman–Crippen LogP) is 3.66. The molecule has 20 heavy (non-hydrogen) atoms. The number of thiophene rings is 1. The van der Waals surface area contributed by atoms with Crippen LogP contribution in [0.1, 0.15) is 42.5 Å². The van der Waals surface area contributed by atoms with E-state index in [1.807, 2.05) is 0 Å². The molecule has 0 saturated heterocycles. The van der Waals surface area contributed by atoms with Crippen molar-refractivity contribution in [3.05, 3.63) is 20.3 Å². The second kappa shape index (κ2) is 6.33. The number of esters is 1. The van der Waals surface area contributed by atoms with Crippen LogP contribution in [-0.2, 0) is 9.53 Å². The van der Waals surface area contributed by atoms with Crippen LogP contribution in [0.4, 0.5) is 0 Å². The number of carbonyl (C=O) groups is 2. The molecule has 1 aromatic rings. The first-order valence-electron chi connectivity index (χ1n) is 6.34. The zero-order chi connectivity index (χ0) is 14.8. The lowest BCUT2D eigenvalue weighted by Crippen LogP contribution is -2.56. The number of ether oxygens (including phenoxy) is 1. The van der Waals surface area contributed by atoms with Crippen LogP contribution in [0.3, 0.4) is 0 Å². The number of amides is 1. The molecule has 4 nitrogen and oxygen atoms in total. The van der Waals surface area contributed by atoms with Gasteiger partial charge in [-0.15, -0.1) is 11.3 Å². The monoisotopic (exact) mass is 335 g/mol. The summed E-state index contributed by atoms with van der Waals surface area (Å²) in [7, 11) is 1.33. The van der Waals surface area contributed by atoms with E-state index in [1.54, 1.807) is 0 Å². The van der Waals surface area contributed by atoms with Gasteiger partial charge in [-0.25, -0.2) is 4.79 Å². The third-order valence-electron chi connectivity index (χ3n) is 3.54. The summed E-state index contributed by atoms with van der Waals surface area (Å²) in [6.45, 7) is 0. The number of carbonyl (C=O) groups excluding carboxylic acids is 2. The summed E-state index contributed by atoms with van der Waals surface area (Å²) in [4.78, 5) is 24.4. The van der Waals surface area contributed by atoms with Gasteiger partial charge < -0.3 is 10.1 Å². The van der Waals surface area contributed by atoms with E-state index in [9.17, 15) is 9.59 Å². The van der Waals surface area contributed by atoms with Gasteiger partial charge in [0.2, 0.25) is 0 Å². The lowest BCUT2D eigenvalue weighted by Gasteiger charge is -2.35. The fourth-order valence-electron chi connectivity index (χ4n) is 2.51. The van der Waals surface area contributed by atoms with E-state index >= 15 is 0 Å². The minimum Gasteiger partial charge on any atom is -0.467 e. The Bertz CT molecular complexity index is 524. The highest BCUT2D eigenvalue weighted by atomic mass is 35.5. The molecule has 1 heterocycles. The maximum atomic E-state index is 12.3. The van der Waals surface area contributed by atoms with Crippen LogP contribution in [0.5, 0.6) is 0 Å². The molecule has 0 spiro atoms. The van der Waals surface area contributed by atoms with Gasteiger partial charge in [0.15, 0.2) is 0 Å². The standard InChI is InChI=1S/C13H15Cl2NO3S/c1-19-12(18)13(5-3-2-4-6-13)16-11(17)8-7-9(14)20-10(8)15/h7H,2-6H2,1H3,(H,16,17). The Kier molecular flexibility index (Phi) is 4.94. The number of rotatable bonds is 3. The maximum absolute atomic E-state index is 12.3. The van der Waals surface area contributed by atoms with Crippen LogP contribution >= 0.6 is 34.5 Å². The van der Waals surface area contributed by atoms with Crippen molar-refractivity contribution in [2.24, 2.45) is 0 Å². The molecule has 0 atom stereocenters. The summed E-state index contributed by atoms with van der Waals surface area (Å²) in [6, 6.07) is 1.51. The minimum atomic E-state index is -0.943. The van der Waals surface area contributed by atoms with Gasteiger partial charge >= 0.3 is 5.97 Å². The van der Waals surface area contributed by atoms with Gasteiger partial charge in [0.1, 0.15) is 9.88 Å². The molecule has 0 unspecified atom stereocenters. The normalized spacial score (nSPS) is 17.6. The Hall–Kier alpha value is -0.780. The van der Waals surface area contributed by atoms with Crippen molar-refractivity contribution in [2.45, 2.75) is 37.6 Å². The molecule has 110 valence electrons. The average molecular weight is 336 g/mol. The summed E-state index contributed by atoms with van der Waals surface area (Å²) in [6.07, 6.45) is 3.99. The van der Waals surface area contributed by atoms with E-state index < -0.39 is 11.5 Å². The zero-order valence-corrected chi connectivity index (χ0v) is 13.3. The van der Waals surface area contributed by atoms with Crippen molar-refractivity contribution in [3.63, 3.8) is 0 Å². The van der Waals surface area contributed by atoms with Crippen molar-refractivity contribution >= 4 is 46.4 Å². The van der Waals surface area contributed by atoms with Crippen LogP contribution in [0.25, 0.3) is 0 Å². The molecule has 2 rings (SSSR count). The Morgan fingerprint density at radius 3 is 2.45 bits per heavy atom. The third kappa shape index (κ3) is 3.10. The summed E-state index contributed by atoms with van der Waals surface area (Å²) >= 11 is 12.9. The highest BCUT2D eigenvalue weighted by Crippen LogP contribution is 2.33. The molecule has 0 radical (unpaired) electrons.